The highest BCUT2D eigenvalue weighted by Gasteiger charge is 2.28. The van der Waals surface area contributed by atoms with Gasteiger partial charge in [-0.1, -0.05) is 50.6 Å². The number of benzene rings is 1. The Hall–Kier alpha value is -1.89. The van der Waals surface area contributed by atoms with Crippen LogP contribution in [0.25, 0.3) is 11.4 Å². The predicted molar refractivity (Wildman–Crippen MR) is 96.6 cm³/mol. The van der Waals surface area contributed by atoms with Crippen molar-refractivity contribution in [3.8, 4) is 11.4 Å². The molecule has 25 heavy (non-hydrogen) atoms. The summed E-state index contributed by atoms with van der Waals surface area (Å²) in [5, 5.41) is 10.4. The number of hydrogen-bond acceptors (Lipinski definition) is 4. The molecule has 1 saturated carbocycles. The largest absolute Gasteiger partial charge is 0.352 e. The quantitative estimate of drug-likeness (QED) is 0.797. The van der Waals surface area contributed by atoms with E-state index in [1.54, 1.807) is 18.2 Å². The minimum absolute atomic E-state index is 0.00630. The molecule has 1 aliphatic rings. The summed E-state index contributed by atoms with van der Waals surface area (Å²) in [7, 11) is 0. The highest BCUT2D eigenvalue weighted by Crippen LogP contribution is 2.29. The molecule has 134 valence electrons. The number of hydrogen-bond donors (Lipinski definition) is 2. The molecule has 0 saturated heterocycles. The number of nitrogens with zero attached hydrogens (tertiary/aromatic N) is 2. The number of H-pyrrole nitrogens is 1. The van der Waals surface area contributed by atoms with E-state index >= 15 is 0 Å². The first-order valence-corrected chi connectivity index (χ1v) is 9.62. The van der Waals surface area contributed by atoms with Gasteiger partial charge in [-0.25, -0.2) is 9.37 Å². The van der Waals surface area contributed by atoms with Gasteiger partial charge in [-0.05, 0) is 30.4 Å². The van der Waals surface area contributed by atoms with Crippen LogP contribution in [0.15, 0.2) is 29.4 Å². The van der Waals surface area contributed by atoms with Crippen molar-refractivity contribution in [1.82, 2.24) is 20.5 Å². The van der Waals surface area contributed by atoms with Crippen molar-refractivity contribution < 1.29 is 9.18 Å². The Morgan fingerprint density at radius 1 is 1.36 bits per heavy atom. The summed E-state index contributed by atoms with van der Waals surface area (Å²) in [6.07, 6.45) is 3.44. The van der Waals surface area contributed by atoms with Gasteiger partial charge < -0.3 is 5.32 Å². The van der Waals surface area contributed by atoms with Gasteiger partial charge >= 0.3 is 0 Å². The fraction of sp³-hybridized carbons (Fsp3) is 0.500. The third-order valence-electron chi connectivity index (χ3n) is 4.98. The number of carbonyl (C=O) groups is 1. The topological polar surface area (TPSA) is 70.7 Å². The average Bonchev–Trinajstić information content (AvgIpc) is 3.06. The maximum absolute atomic E-state index is 13.8. The molecule has 1 aromatic carbocycles. The van der Waals surface area contributed by atoms with Crippen LogP contribution in [0.5, 0.6) is 0 Å². The standard InChI is InChI=1S/C18H23FN4OS/c1-11-6-5-9-15(12(11)2)20-16(24)10-25-18-21-17(22-23-18)13-7-3-4-8-14(13)19/h3-4,7-8,11-12,15H,5-6,9-10H2,1-2H3,(H,20,24)(H,21,22,23)/t11-,12-,15-/m1/s1. The van der Waals surface area contributed by atoms with E-state index in [2.05, 4.69) is 34.3 Å². The normalized spacial score (nSPS) is 23.4. The zero-order valence-electron chi connectivity index (χ0n) is 14.5. The zero-order chi connectivity index (χ0) is 17.8. The average molecular weight is 362 g/mol. The molecule has 1 amide bonds. The molecular formula is C18H23FN4OS. The van der Waals surface area contributed by atoms with Crippen LogP contribution in [-0.2, 0) is 4.79 Å². The summed E-state index contributed by atoms with van der Waals surface area (Å²) in [5.41, 5.74) is 0.372. The molecule has 1 heterocycles. The molecule has 0 bridgehead atoms. The van der Waals surface area contributed by atoms with E-state index in [0.29, 0.717) is 28.4 Å². The second kappa shape index (κ2) is 7.99. The SMILES string of the molecule is C[C@@H]1[C@H](C)CCC[C@H]1NC(=O)CSc1n[nH]c(-c2ccccc2F)n1. The number of nitrogens with one attached hydrogen (secondary N) is 2. The van der Waals surface area contributed by atoms with Crippen molar-refractivity contribution >= 4 is 17.7 Å². The summed E-state index contributed by atoms with van der Waals surface area (Å²) >= 11 is 1.25. The Morgan fingerprint density at radius 3 is 2.96 bits per heavy atom. The molecule has 5 nitrogen and oxygen atoms in total. The molecule has 0 spiro atoms. The number of halogens is 1. The number of aromatic nitrogens is 3. The van der Waals surface area contributed by atoms with Crippen molar-refractivity contribution in [1.29, 1.82) is 0 Å². The van der Waals surface area contributed by atoms with E-state index in [0.717, 1.165) is 12.8 Å². The molecule has 2 N–H and O–H groups in total. The number of thioether (sulfide) groups is 1. The van der Waals surface area contributed by atoms with E-state index in [4.69, 9.17) is 0 Å². The summed E-state index contributed by atoms with van der Waals surface area (Å²) in [6.45, 7) is 4.45. The highest BCUT2D eigenvalue weighted by atomic mass is 32.2. The lowest BCUT2D eigenvalue weighted by molar-refractivity contribution is -0.120. The van der Waals surface area contributed by atoms with Crippen LogP contribution in [-0.4, -0.2) is 32.9 Å². The Kier molecular flexibility index (Phi) is 5.73. The Balaban J connectivity index is 1.54. The van der Waals surface area contributed by atoms with E-state index in [9.17, 15) is 9.18 Å². The van der Waals surface area contributed by atoms with Gasteiger partial charge in [0.2, 0.25) is 11.1 Å². The maximum atomic E-state index is 13.8. The highest BCUT2D eigenvalue weighted by molar-refractivity contribution is 7.99. The van der Waals surface area contributed by atoms with Gasteiger partial charge in [0.1, 0.15) is 5.82 Å². The Labute approximate surface area is 151 Å². The summed E-state index contributed by atoms with van der Waals surface area (Å²) in [5.74, 6) is 1.41. The van der Waals surface area contributed by atoms with Crippen LogP contribution in [0, 0.1) is 17.7 Å². The molecule has 1 fully saturated rings. The van der Waals surface area contributed by atoms with Crippen molar-refractivity contribution in [2.75, 3.05) is 5.75 Å². The fourth-order valence-electron chi connectivity index (χ4n) is 3.25. The van der Waals surface area contributed by atoms with E-state index in [1.165, 1.54) is 24.2 Å². The molecular weight excluding hydrogens is 339 g/mol. The van der Waals surface area contributed by atoms with E-state index in [-0.39, 0.29) is 23.5 Å². The minimum atomic E-state index is -0.353. The van der Waals surface area contributed by atoms with Gasteiger partial charge in [-0.15, -0.1) is 5.10 Å². The molecule has 7 heteroatoms. The van der Waals surface area contributed by atoms with Gasteiger partial charge in [0, 0.05) is 6.04 Å². The summed E-state index contributed by atoms with van der Waals surface area (Å²) < 4.78 is 13.8. The maximum Gasteiger partial charge on any atom is 0.230 e. The van der Waals surface area contributed by atoms with Crippen LogP contribution in [0.3, 0.4) is 0 Å². The molecule has 0 radical (unpaired) electrons. The van der Waals surface area contributed by atoms with Gasteiger partial charge in [0.25, 0.3) is 0 Å². The molecule has 0 aliphatic heterocycles. The molecule has 3 atom stereocenters. The first-order valence-electron chi connectivity index (χ1n) is 8.64. The van der Waals surface area contributed by atoms with Crippen LogP contribution >= 0.6 is 11.8 Å². The van der Waals surface area contributed by atoms with Gasteiger partial charge in [0.15, 0.2) is 5.82 Å². The number of aromatic amines is 1. The smallest absolute Gasteiger partial charge is 0.230 e. The number of rotatable bonds is 5. The second-order valence-electron chi connectivity index (χ2n) is 6.68. The molecule has 1 aromatic heterocycles. The third-order valence-corrected chi connectivity index (χ3v) is 5.83. The molecule has 3 rings (SSSR count). The van der Waals surface area contributed by atoms with Crippen LogP contribution in [0.2, 0.25) is 0 Å². The van der Waals surface area contributed by atoms with Gasteiger partial charge in [0.05, 0.1) is 11.3 Å². The monoisotopic (exact) mass is 362 g/mol. The van der Waals surface area contributed by atoms with E-state index in [1.807, 2.05) is 0 Å². The lowest BCUT2D eigenvalue weighted by Gasteiger charge is -2.34. The van der Waals surface area contributed by atoms with Crippen LogP contribution in [0.1, 0.15) is 33.1 Å². The van der Waals surface area contributed by atoms with Crippen LogP contribution in [0.4, 0.5) is 4.39 Å². The minimum Gasteiger partial charge on any atom is -0.352 e. The lowest BCUT2D eigenvalue weighted by Crippen LogP contribution is -2.44. The van der Waals surface area contributed by atoms with Gasteiger partial charge in [-0.2, -0.15) is 0 Å². The second-order valence-corrected chi connectivity index (χ2v) is 7.62. The van der Waals surface area contributed by atoms with E-state index < -0.39 is 0 Å². The molecule has 0 unspecified atom stereocenters. The third kappa shape index (κ3) is 4.39. The zero-order valence-corrected chi connectivity index (χ0v) is 15.3. The van der Waals surface area contributed by atoms with Crippen molar-refractivity contribution in [3.63, 3.8) is 0 Å². The fourth-order valence-corrected chi connectivity index (χ4v) is 3.86. The summed E-state index contributed by atoms with van der Waals surface area (Å²) in [4.78, 5) is 16.5. The van der Waals surface area contributed by atoms with Gasteiger partial charge in [-0.3, -0.25) is 9.89 Å². The summed E-state index contributed by atoms with van der Waals surface area (Å²) in [6, 6.07) is 6.64. The van der Waals surface area contributed by atoms with Crippen LogP contribution < -0.4 is 5.32 Å². The lowest BCUT2D eigenvalue weighted by atomic mass is 9.78. The molecule has 1 aliphatic carbocycles. The first kappa shape index (κ1) is 17.9. The van der Waals surface area contributed by atoms with Crippen molar-refractivity contribution in [2.24, 2.45) is 11.8 Å². The number of amides is 1. The Bertz CT molecular complexity index is 735. The Morgan fingerprint density at radius 2 is 2.16 bits per heavy atom. The van der Waals surface area contributed by atoms with Crippen molar-refractivity contribution in [2.45, 2.75) is 44.3 Å². The predicted octanol–water partition coefficient (Wildman–Crippen LogP) is 3.64. The first-order chi connectivity index (χ1) is 12.0. The van der Waals surface area contributed by atoms with Crippen molar-refractivity contribution in [3.05, 3.63) is 30.1 Å². The number of carbonyl (C=O) groups excluding carboxylic acids is 1. The molecule has 2 aromatic rings.